The van der Waals surface area contributed by atoms with E-state index in [1.807, 2.05) is 42.5 Å². The third kappa shape index (κ3) is 5.04. The molecule has 0 saturated carbocycles. The summed E-state index contributed by atoms with van der Waals surface area (Å²) in [5.41, 5.74) is 2.23. The average molecular weight is 467 g/mol. The van der Waals surface area contributed by atoms with E-state index in [9.17, 15) is 9.59 Å². The number of carboxylic acid groups (broad SMARTS) is 1. The SMILES string of the molecule is O=C(O)CCCN1C(=O)C(=Cc2cccc(Oc3n[nH]nc3-c3ccccc3)c2)SC1=S. The molecule has 162 valence electrons. The van der Waals surface area contributed by atoms with Crippen molar-refractivity contribution in [2.75, 3.05) is 6.54 Å². The largest absolute Gasteiger partial charge is 0.481 e. The molecule has 1 aliphatic heterocycles. The van der Waals surface area contributed by atoms with E-state index >= 15 is 0 Å². The Morgan fingerprint density at radius 3 is 2.78 bits per heavy atom. The number of carboxylic acids is 1. The summed E-state index contributed by atoms with van der Waals surface area (Å²) in [4.78, 5) is 25.3. The van der Waals surface area contributed by atoms with Crippen LogP contribution in [0.1, 0.15) is 18.4 Å². The van der Waals surface area contributed by atoms with Crippen molar-refractivity contribution in [3.05, 3.63) is 65.1 Å². The summed E-state index contributed by atoms with van der Waals surface area (Å²) in [7, 11) is 0. The van der Waals surface area contributed by atoms with E-state index in [4.69, 9.17) is 22.1 Å². The van der Waals surface area contributed by atoms with Gasteiger partial charge in [0.2, 0.25) is 0 Å². The highest BCUT2D eigenvalue weighted by Gasteiger charge is 2.31. The summed E-state index contributed by atoms with van der Waals surface area (Å²) in [5.74, 6) is -0.232. The van der Waals surface area contributed by atoms with Gasteiger partial charge in [-0.15, -0.1) is 5.10 Å². The second kappa shape index (κ2) is 9.75. The lowest BCUT2D eigenvalue weighted by molar-refractivity contribution is -0.137. The Morgan fingerprint density at radius 1 is 1.19 bits per heavy atom. The molecule has 2 heterocycles. The maximum atomic E-state index is 12.7. The van der Waals surface area contributed by atoms with E-state index in [0.717, 1.165) is 11.1 Å². The minimum Gasteiger partial charge on any atom is -0.481 e. The van der Waals surface area contributed by atoms with Crippen molar-refractivity contribution in [2.45, 2.75) is 12.8 Å². The van der Waals surface area contributed by atoms with Gasteiger partial charge < -0.3 is 9.84 Å². The average Bonchev–Trinajstić information content (AvgIpc) is 3.34. The number of aromatic amines is 1. The van der Waals surface area contributed by atoms with Crippen LogP contribution in [0.4, 0.5) is 0 Å². The lowest BCUT2D eigenvalue weighted by Gasteiger charge is -2.13. The standard InChI is InChI=1S/C22H18N4O4S2/c27-18(28)10-5-11-26-21(29)17(32-22(26)31)13-14-6-4-9-16(12-14)30-20-19(23-25-24-20)15-7-2-1-3-8-15/h1-4,6-9,12-13H,5,10-11H2,(H,27,28)(H,23,24,25). The molecular weight excluding hydrogens is 448 g/mol. The number of nitrogens with one attached hydrogen (secondary N) is 1. The molecule has 1 aliphatic rings. The summed E-state index contributed by atoms with van der Waals surface area (Å²) in [6.07, 6.45) is 2.08. The second-order valence-electron chi connectivity index (χ2n) is 6.85. The van der Waals surface area contributed by atoms with Crippen molar-refractivity contribution >= 4 is 46.3 Å². The predicted octanol–water partition coefficient (Wildman–Crippen LogP) is 4.33. The van der Waals surface area contributed by atoms with Crippen LogP contribution in [-0.4, -0.2) is 48.2 Å². The highest BCUT2D eigenvalue weighted by atomic mass is 32.2. The number of nitrogens with zero attached hydrogens (tertiary/aromatic N) is 3. The molecule has 3 aromatic rings. The second-order valence-corrected chi connectivity index (χ2v) is 8.52. The fourth-order valence-corrected chi connectivity index (χ4v) is 4.40. The number of thioether (sulfide) groups is 1. The molecule has 2 N–H and O–H groups in total. The Bertz CT molecular complexity index is 1190. The van der Waals surface area contributed by atoms with Gasteiger partial charge in [-0.05, 0) is 30.2 Å². The molecule has 8 nitrogen and oxygen atoms in total. The number of hydrogen-bond donors (Lipinski definition) is 2. The van der Waals surface area contributed by atoms with Gasteiger partial charge in [0.05, 0.1) is 4.91 Å². The quantitative estimate of drug-likeness (QED) is 0.373. The maximum Gasteiger partial charge on any atom is 0.303 e. The van der Waals surface area contributed by atoms with Gasteiger partial charge in [-0.25, -0.2) is 0 Å². The first-order valence-corrected chi connectivity index (χ1v) is 10.9. The third-order valence-electron chi connectivity index (χ3n) is 4.58. The highest BCUT2D eigenvalue weighted by molar-refractivity contribution is 8.26. The number of amides is 1. The number of ether oxygens (including phenoxy) is 1. The van der Waals surface area contributed by atoms with Crippen LogP contribution in [0.15, 0.2) is 59.5 Å². The number of H-pyrrole nitrogens is 1. The van der Waals surface area contributed by atoms with E-state index in [0.29, 0.717) is 33.0 Å². The molecule has 0 bridgehead atoms. The zero-order valence-electron chi connectivity index (χ0n) is 16.7. The molecule has 0 aliphatic carbocycles. The van der Waals surface area contributed by atoms with Crippen molar-refractivity contribution < 1.29 is 19.4 Å². The van der Waals surface area contributed by atoms with Gasteiger partial charge >= 0.3 is 5.97 Å². The molecular formula is C22H18N4O4S2. The monoisotopic (exact) mass is 466 g/mol. The lowest BCUT2D eigenvalue weighted by Crippen LogP contribution is -2.29. The number of thiocarbonyl (C=S) groups is 1. The molecule has 10 heteroatoms. The maximum absolute atomic E-state index is 12.7. The summed E-state index contributed by atoms with van der Waals surface area (Å²) in [5, 5.41) is 19.6. The first-order chi connectivity index (χ1) is 15.5. The van der Waals surface area contributed by atoms with Gasteiger partial charge in [-0.1, -0.05) is 66.4 Å². The Labute approximate surface area is 193 Å². The van der Waals surface area contributed by atoms with Crippen LogP contribution in [0.5, 0.6) is 11.6 Å². The molecule has 1 amide bonds. The van der Waals surface area contributed by atoms with Crippen molar-refractivity contribution in [1.82, 2.24) is 20.3 Å². The molecule has 0 spiro atoms. The molecule has 1 saturated heterocycles. The zero-order valence-corrected chi connectivity index (χ0v) is 18.4. The summed E-state index contributed by atoms with van der Waals surface area (Å²) >= 11 is 6.49. The van der Waals surface area contributed by atoms with Crippen molar-refractivity contribution in [1.29, 1.82) is 0 Å². The molecule has 0 unspecified atom stereocenters. The van der Waals surface area contributed by atoms with Gasteiger partial charge in [0.15, 0.2) is 5.69 Å². The Hall–Kier alpha value is -3.50. The first kappa shape index (κ1) is 21.7. The predicted molar refractivity (Wildman–Crippen MR) is 125 cm³/mol. The van der Waals surface area contributed by atoms with Crippen LogP contribution in [0, 0.1) is 0 Å². The number of aliphatic carboxylic acids is 1. The van der Waals surface area contributed by atoms with Crippen molar-refractivity contribution in [3.8, 4) is 22.9 Å². The fraction of sp³-hybridized carbons (Fsp3) is 0.136. The van der Waals surface area contributed by atoms with E-state index in [2.05, 4.69) is 15.4 Å². The Kier molecular flexibility index (Phi) is 6.62. The van der Waals surface area contributed by atoms with Crippen LogP contribution >= 0.6 is 24.0 Å². The molecule has 0 atom stereocenters. The first-order valence-electron chi connectivity index (χ1n) is 9.72. The molecule has 4 rings (SSSR count). The van der Waals surface area contributed by atoms with Crippen LogP contribution < -0.4 is 4.74 Å². The zero-order chi connectivity index (χ0) is 22.5. The summed E-state index contributed by atoms with van der Waals surface area (Å²) in [6.45, 7) is 0.284. The van der Waals surface area contributed by atoms with Gasteiger partial charge in [-0.3, -0.25) is 14.5 Å². The topological polar surface area (TPSA) is 108 Å². The fourth-order valence-electron chi connectivity index (χ4n) is 3.09. The smallest absolute Gasteiger partial charge is 0.303 e. The van der Waals surface area contributed by atoms with Crippen LogP contribution in [0.25, 0.3) is 17.3 Å². The van der Waals surface area contributed by atoms with Crippen molar-refractivity contribution in [2.24, 2.45) is 0 Å². The molecule has 32 heavy (non-hydrogen) atoms. The molecule has 1 fully saturated rings. The van der Waals surface area contributed by atoms with Crippen LogP contribution in [0.3, 0.4) is 0 Å². The minimum atomic E-state index is -0.898. The van der Waals surface area contributed by atoms with Gasteiger partial charge in [-0.2, -0.15) is 10.3 Å². The number of carbonyl (C=O) groups is 2. The van der Waals surface area contributed by atoms with Gasteiger partial charge in [0.25, 0.3) is 11.8 Å². The highest BCUT2D eigenvalue weighted by Crippen LogP contribution is 2.34. The van der Waals surface area contributed by atoms with E-state index < -0.39 is 5.97 Å². The number of hydrogen-bond acceptors (Lipinski definition) is 7. The Balaban J connectivity index is 1.49. The van der Waals surface area contributed by atoms with Crippen LogP contribution in [0.2, 0.25) is 0 Å². The number of benzene rings is 2. The minimum absolute atomic E-state index is 0.0114. The van der Waals surface area contributed by atoms with E-state index in [1.54, 1.807) is 18.2 Å². The molecule has 1 aromatic heterocycles. The number of aromatic nitrogens is 3. The number of carbonyl (C=O) groups excluding carboxylic acids is 1. The Morgan fingerprint density at radius 2 is 2.00 bits per heavy atom. The normalized spacial score (nSPS) is 14.9. The summed E-state index contributed by atoms with van der Waals surface area (Å²) < 4.78 is 6.36. The van der Waals surface area contributed by atoms with Gasteiger partial charge in [0.1, 0.15) is 10.1 Å². The molecule has 2 aromatic carbocycles. The third-order valence-corrected chi connectivity index (χ3v) is 5.96. The van der Waals surface area contributed by atoms with E-state index in [-0.39, 0.29) is 18.9 Å². The lowest BCUT2D eigenvalue weighted by atomic mass is 10.1. The number of rotatable bonds is 8. The van der Waals surface area contributed by atoms with Gasteiger partial charge in [0, 0.05) is 18.5 Å². The van der Waals surface area contributed by atoms with E-state index in [1.165, 1.54) is 16.7 Å². The summed E-state index contributed by atoms with van der Waals surface area (Å²) in [6, 6.07) is 16.8. The van der Waals surface area contributed by atoms with Crippen LogP contribution in [-0.2, 0) is 9.59 Å². The van der Waals surface area contributed by atoms with Crippen molar-refractivity contribution in [3.63, 3.8) is 0 Å². The molecule has 0 radical (unpaired) electrons.